The predicted octanol–water partition coefficient (Wildman–Crippen LogP) is 3.17. The molecule has 0 amide bonds. The van der Waals surface area contributed by atoms with Crippen molar-refractivity contribution in [1.82, 2.24) is 14.9 Å². The average Bonchev–Trinajstić information content (AvgIpc) is 2.55. The molecule has 0 atom stereocenters. The molecule has 1 aromatic carbocycles. The Hall–Kier alpha value is -1.60. The zero-order valence-corrected chi connectivity index (χ0v) is 12.8. The summed E-state index contributed by atoms with van der Waals surface area (Å²) in [7, 11) is 0. The van der Waals surface area contributed by atoms with Crippen LogP contribution in [-0.4, -0.2) is 27.7 Å². The number of nitrogens with zero attached hydrogens (tertiary/aromatic N) is 3. The second kappa shape index (κ2) is 6.26. The first-order valence-electron chi connectivity index (χ1n) is 6.82. The van der Waals surface area contributed by atoms with Gasteiger partial charge in [-0.3, -0.25) is 4.90 Å². The molecule has 0 bridgehead atoms. The number of fused-ring (bicyclic) bond motifs is 1. The van der Waals surface area contributed by atoms with Crippen molar-refractivity contribution in [2.75, 3.05) is 12.8 Å². The Kier molecular flexibility index (Phi) is 4.35. The lowest BCUT2D eigenvalue weighted by atomic mass is 10.1. The molecule has 116 valence electrons. The molecule has 3 nitrogen and oxygen atoms in total. The Morgan fingerprint density at radius 3 is 2.82 bits per heavy atom. The molecule has 7 heteroatoms. The van der Waals surface area contributed by atoms with E-state index in [1.807, 2.05) is 11.2 Å². The molecular formula is C15H14F3N3S. The highest BCUT2D eigenvalue weighted by molar-refractivity contribution is 7.98. The van der Waals surface area contributed by atoms with Crippen LogP contribution >= 0.6 is 11.8 Å². The van der Waals surface area contributed by atoms with E-state index in [0.717, 1.165) is 28.9 Å². The Balaban J connectivity index is 1.77. The number of thioether (sulfide) groups is 1. The maximum atomic E-state index is 13.7. The van der Waals surface area contributed by atoms with Crippen molar-refractivity contribution >= 4 is 11.8 Å². The third-order valence-corrected chi connectivity index (χ3v) is 4.24. The van der Waals surface area contributed by atoms with Crippen LogP contribution in [0.5, 0.6) is 0 Å². The number of rotatable bonds is 3. The first-order chi connectivity index (χ1) is 10.6. The monoisotopic (exact) mass is 325 g/mol. The van der Waals surface area contributed by atoms with E-state index in [2.05, 4.69) is 9.97 Å². The number of aromatic nitrogens is 2. The van der Waals surface area contributed by atoms with Crippen LogP contribution in [0.25, 0.3) is 0 Å². The maximum absolute atomic E-state index is 13.7. The second-order valence-corrected chi connectivity index (χ2v) is 5.90. The van der Waals surface area contributed by atoms with Crippen LogP contribution in [0.2, 0.25) is 0 Å². The summed E-state index contributed by atoms with van der Waals surface area (Å²) >= 11 is 1.49. The zero-order chi connectivity index (χ0) is 15.7. The van der Waals surface area contributed by atoms with Gasteiger partial charge in [0, 0.05) is 43.4 Å². The number of benzene rings is 1. The van der Waals surface area contributed by atoms with Gasteiger partial charge in [-0.25, -0.2) is 23.1 Å². The minimum Gasteiger partial charge on any atom is -0.294 e. The van der Waals surface area contributed by atoms with Gasteiger partial charge in [0.15, 0.2) is 22.6 Å². The number of hydrogen-bond acceptors (Lipinski definition) is 4. The zero-order valence-electron chi connectivity index (χ0n) is 11.9. The highest BCUT2D eigenvalue weighted by Gasteiger charge is 2.21. The largest absolute Gasteiger partial charge is 0.294 e. The van der Waals surface area contributed by atoms with Crippen LogP contribution < -0.4 is 0 Å². The SMILES string of the molecule is CSc1ncc2c(n1)CCN(Cc1ccc(F)c(F)c1F)C2. The van der Waals surface area contributed by atoms with E-state index in [0.29, 0.717) is 13.1 Å². The maximum Gasteiger partial charge on any atom is 0.194 e. The van der Waals surface area contributed by atoms with E-state index in [9.17, 15) is 13.2 Å². The minimum atomic E-state index is -1.41. The third kappa shape index (κ3) is 2.96. The summed E-state index contributed by atoms with van der Waals surface area (Å²) < 4.78 is 40.0. The Morgan fingerprint density at radius 2 is 2.05 bits per heavy atom. The van der Waals surface area contributed by atoms with E-state index in [1.54, 1.807) is 6.20 Å². The third-order valence-electron chi connectivity index (χ3n) is 3.68. The van der Waals surface area contributed by atoms with Crippen molar-refractivity contribution in [1.29, 1.82) is 0 Å². The smallest absolute Gasteiger partial charge is 0.194 e. The first kappa shape index (κ1) is 15.3. The van der Waals surface area contributed by atoms with E-state index < -0.39 is 17.5 Å². The van der Waals surface area contributed by atoms with Gasteiger partial charge in [0.25, 0.3) is 0 Å². The highest BCUT2D eigenvalue weighted by atomic mass is 32.2. The van der Waals surface area contributed by atoms with Crippen LogP contribution in [0, 0.1) is 17.5 Å². The summed E-state index contributed by atoms with van der Waals surface area (Å²) in [5.41, 5.74) is 2.15. The van der Waals surface area contributed by atoms with Gasteiger partial charge in [0.2, 0.25) is 0 Å². The van der Waals surface area contributed by atoms with Gasteiger partial charge < -0.3 is 0 Å². The lowest BCUT2D eigenvalue weighted by molar-refractivity contribution is 0.237. The Morgan fingerprint density at radius 1 is 1.23 bits per heavy atom. The molecule has 1 aliphatic rings. The van der Waals surface area contributed by atoms with Crippen molar-refractivity contribution in [3.63, 3.8) is 0 Å². The van der Waals surface area contributed by atoms with E-state index in [1.165, 1.54) is 17.8 Å². The normalized spacial score (nSPS) is 14.9. The summed E-state index contributed by atoms with van der Waals surface area (Å²) in [5, 5.41) is 0.735. The molecule has 22 heavy (non-hydrogen) atoms. The summed E-state index contributed by atoms with van der Waals surface area (Å²) in [6.45, 7) is 1.49. The molecule has 0 N–H and O–H groups in total. The summed E-state index contributed by atoms with van der Waals surface area (Å²) in [4.78, 5) is 10.7. The van der Waals surface area contributed by atoms with Gasteiger partial charge in [-0.1, -0.05) is 17.8 Å². The predicted molar refractivity (Wildman–Crippen MR) is 77.9 cm³/mol. The molecule has 0 saturated heterocycles. The standard InChI is InChI=1S/C15H14F3N3S/c1-22-15-19-6-10-8-21(5-4-12(10)20-15)7-9-2-3-11(16)14(18)13(9)17/h2-3,6H,4-5,7-8H2,1H3. The van der Waals surface area contributed by atoms with E-state index in [4.69, 9.17) is 0 Å². The number of halogens is 3. The van der Waals surface area contributed by atoms with Crippen LogP contribution in [0.4, 0.5) is 13.2 Å². The molecule has 0 aliphatic carbocycles. The first-order valence-corrected chi connectivity index (χ1v) is 8.04. The van der Waals surface area contributed by atoms with Crippen LogP contribution in [0.15, 0.2) is 23.5 Å². The molecule has 0 saturated carbocycles. The van der Waals surface area contributed by atoms with Crippen molar-refractivity contribution in [2.45, 2.75) is 24.7 Å². The molecule has 2 heterocycles. The van der Waals surface area contributed by atoms with E-state index in [-0.39, 0.29) is 12.1 Å². The highest BCUT2D eigenvalue weighted by Crippen LogP contribution is 2.22. The fourth-order valence-electron chi connectivity index (χ4n) is 2.52. The van der Waals surface area contributed by atoms with Gasteiger partial charge in [-0.2, -0.15) is 0 Å². The molecule has 1 aromatic heterocycles. The lowest BCUT2D eigenvalue weighted by Crippen LogP contribution is -2.31. The Labute approximate surface area is 130 Å². The molecule has 0 radical (unpaired) electrons. The van der Waals surface area contributed by atoms with Crippen LogP contribution in [0.3, 0.4) is 0 Å². The molecule has 0 spiro atoms. The van der Waals surface area contributed by atoms with Crippen molar-refractivity contribution < 1.29 is 13.2 Å². The van der Waals surface area contributed by atoms with Gasteiger partial charge in [0.1, 0.15) is 0 Å². The van der Waals surface area contributed by atoms with Crippen molar-refractivity contribution in [2.24, 2.45) is 0 Å². The average molecular weight is 325 g/mol. The Bertz CT molecular complexity index is 709. The van der Waals surface area contributed by atoms with Gasteiger partial charge in [-0.15, -0.1) is 0 Å². The summed E-state index contributed by atoms with van der Waals surface area (Å²) in [5.74, 6) is -3.69. The second-order valence-electron chi connectivity index (χ2n) is 5.12. The molecule has 0 unspecified atom stereocenters. The minimum absolute atomic E-state index is 0.156. The van der Waals surface area contributed by atoms with Crippen LogP contribution in [0.1, 0.15) is 16.8 Å². The molecule has 1 aliphatic heterocycles. The summed E-state index contributed by atoms with van der Waals surface area (Å²) in [6, 6.07) is 2.25. The van der Waals surface area contributed by atoms with Crippen LogP contribution in [-0.2, 0) is 19.5 Å². The quantitative estimate of drug-likeness (QED) is 0.492. The molecule has 3 rings (SSSR count). The summed E-state index contributed by atoms with van der Waals surface area (Å²) in [6.07, 6.45) is 4.43. The topological polar surface area (TPSA) is 29.0 Å². The van der Waals surface area contributed by atoms with E-state index >= 15 is 0 Å². The molecular weight excluding hydrogens is 311 g/mol. The van der Waals surface area contributed by atoms with Crippen molar-refractivity contribution in [3.05, 3.63) is 52.6 Å². The fourth-order valence-corrected chi connectivity index (χ4v) is 2.88. The molecule has 0 fully saturated rings. The van der Waals surface area contributed by atoms with Gasteiger partial charge in [0.05, 0.1) is 5.69 Å². The molecule has 2 aromatic rings. The van der Waals surface area contributed by atoms with Gasteiger partial charge >= 0.3 is 0 Å². The number of hydrogen-bond donors (Lipinski definition) is 0. The lowest BCUT2D eigenvalue weighted by Gasteiger charge is -2.28. The van der Waals surface area contributed by atoms with Crippen molar-refractivity contribution in [3.8, 4) is 0 Å². The van der Waals surface area contributed by atoms with Gasteiger partial charge in [-0.05, 0) is 12.3 Å². The fraction of sp³-hybridized carbons (Fsp3) is 0.333.